The summed E-state index contributed by atoms with van der Waals surface area (Å²) in [4.78, 5) is 11.5. The van der Waals surface area contributed by atoms with E-state index in [4.69, 9.17) is 0 Å². The zero-order valence-corrected chi connectivity index (χ0v) is 22.8. The number of aromatic hydroxyl groups is 2. The number of azo groups is 1. The lowest BCUT2D eigenvalue weighted by Gasteiger charge is -2.12. The maximum absolute atomic E-state index is 12.7. The minimum absolute atomic E-state index is 0.149. The first-order valence-electron chi connectivity index (χ1n) is 11.9. The molecule has 6 N–H and O–H groups in total. The van der Waals surface area contributed by atoms with E-state index in [-0.39, 0.29) is 38.7 Å². The third-order valence-corrected chi connectivity index (χ3v) is 7.77. The van der Waals surface area contributed by atoms with Crippen LogP contribution in [0.25, 0.3) is 21.5 Å². The summed E-state index contributed by atoms with van der Waals surface area (Å²) in [5.41, 5.74) is 0.316. The van der Waals surface area contributed by atoms with Crippen molar-refractivity contribution >= 4 is 70.6 Å². The van der Waals surface area contributed by atoms with E-state index < -0.39 is 47.5 Å². The third-order valence-electron chi connectivity index (χ3n) is 6.07. The summed E-state index contributed by atoms with van der Waals surface area (Å²) >= 11 is 0. The smallest absolute Gasteiger partial charge is 0.323 e. The van der Waals surface area contributed by atoms with Gasteiger partial charge in [0.1, 0.15) is 16.3 Å². The van der Waals surface area contributed by atoms with Gasteiger partial charge in [-0.15, -0.1) is 5.11 Å². The van der Waals surface area contributed by atoms with Crippen molar-refractivity contribution < 1.29 is 40.9 Å². The van der Waals surface area contributed by atoms with Gasteiger partial charge in [0.15, 0.2) is 5.75 Å². The fourth-order valence-electron chi connectivity index (χ4n) is 4.17. The van der Waals surface area contributed by atoms with Crippen LogP contribution in [0.1, 0.15) is 0 Å². The van der Waals surface area contributed by atoms with Crippen molar-refractivity contribution in [2.24, 2.45) is 10.2 Å². The molecule has 13 nitrogen and oxygen atoms in total. The van der Waals surface area contributed by atoms with E-state index in [1.165, 1.54) is 36.4 Å². The van der Waals surface area contributed by atoms with Gasteiger partial charge in [0.2, 0.25) is 0 Å². The van der Waals surface area contributed by atoms with E-state index in [2.05, 4.69) is 20.9 Å². The summed E-state index contributed by atoms with van der Waals surface area (Å²) in [5.74, 6) is -0.941. The highest BCUT2D eigenvalue weighted by Gasteiger charge is 2.22. The molecule has 0 saturated carbocycles. The standard InChI is InChI=1S/C27H20N4O9S2/c32-23-14-20(41(35,36)37)12-15-10-18(6-8-21(15)23)28-27(34)29-19-7-9-22-16(11-19)13-24(42(38,39)40)25(26(22)33)31-30-17-4-2-1-3-5-17/h1-14,32-33H,(H2,28,29,34)(H,35,36,37)(H,38,39,40). The van der Waals surface area contributed by atoms with Crippen LogP contribution in [0.3, 0.4) is 0 Å². The van der Waals surface area contributed by atoms with Crippen molar-refractivity contribution in [2.45, 2.75) is 9.79 Å². The van der Waals surface area contributed by atoms with Crippen LogP contribution in [-0.4, -0.2) is 42.2 Å². The first-order chi connectivity index (χ1) is 19.8. The number of phenolic OH excluding ortho intramolecular Hbond substituents is 2. The number of nitrogens with zero attached hydrogens (tertiary/aromatic N) is 2. The Bertz CT molecular complexity index is 2130. The number of rotatable bonds is 6. The molecule has 0 radical (unpaired) electrons. The van der Waals surface area contributed by atoms with E-state index >= 15 is 0 Å². The van der Waals surface area contributed by atoms with E-state index in [0.29, 0.717) is 5.69 Å². The molecule has 0 unspecified atom stereocenters. The second-order valence-corrected chi connectivity index (χ2v) is 11.8. The van der Waals surface area contributed by atoms with Crippen LogP contribution in [0, 0.1) is 0 Å². The Balaban J connectivity index is 1.44. The average Bonchev–Trinajstić information content (AvgIpc) is 2.91. The van der Waals surface area contributed by atoms with Gasteiger partial charge in [0.25, 0.3) is 20.2 Å². The van der Waals surface area contributed by atoms with E-state index in [1.54, 1.807) is 30.3 Å². The molecule has 0 saturated heterocycles. The molecule has 0 fully saturated rings. The first-order valence-corrected chi connectivity index (χ1v) is 14.7. The number of nitrogens with one attached hydrogen (secondary N) is 2. The minimum Gasteiger partial charge on any atom is -0.507 e. The van der Waals surface area contributed by atoms with Crippen LogP contribution in [0.4, 0.5) is 27.5 Å². The Morgan fingerprint density at radius 2 is 1.26 bits per heavy atom. The van der Waals surface area contributed by atoms with Gasteiger partial charge in [-0.05, 0) is 71.4 Å². The van der Waals surface area contributed by atoms with Crippen molar-refractivity contribution in [3.05, 3.63) is 84.9 Å². The van der Waals surface area contributed by atoms with Crippen LogP contribution in [0.2, 0.25) is 0 Å². The highest BCUT2D eigenvalue weighted by molar-refractivity contribution is 7.86. The number of hydrogen-bond acceptors (Lipinski definition) is 9. The fraction of sp³-hybridized carbons (Fsp3) is 0. The molecule has 0 aliphatic carbocycles. The number of carbonyl (C=O) groups excluding carboxylic acids is 1. The van der Waals surface area contributed by atoms with Gasteiger partial charge in [-0.1, -0.05) is 18.2 Å². The third kappa shape index (κ3) is 5.98. The molecule has 0 spiro atoms. The summed E-state index contributed by atoms with van der Waals surface area (Å²) in [7, 11) is -9.43. The average molecular weight is 609 g/mol. The molecular weight excluding hydrogens is 588 g/mol. The Kier molecular flexibility index (Phi) is 7.26. The molecule has 214 valence electrons. The molecule has 5 rings (SSSR count). The Hall–Kier alpha value is -5.09. The summed E-state index contributed by atoms with van der Waals surface area (Å²) in [6.07, 6.45) is 0. The summed E-state index contributed by atoms with van der Waals surface area (Å²) in [5, 5.41) is 34.6. The summed E-state index contributed by atoms with van der Waals surface area (Å²) < 4.78 is 66.3. The molecular formula is C27H20N4O9S2. The van der Waals surface area contributed by atoms with Crippen LogP contribution >= 0.6 is 0 Å². The predicted octanol–water partition coefficient (Wildman–Crippen LogP) is 5.96. The number of anilines is 2. The normalized spacial score (nSPS) is 12.1. The molecule has 42 heavy (non-hydrogen) atoms. The van der Waals surface area contributed by atoms with Crippen molar-refractivity contribution in [3.8, 4) is 11.5 Å². The lowest BCUT2D eigenvalue weighted by Crippen LogP contribution is -2.19. The van der Waals surface area contributed by atoms with E-state index in [9.17, 15) is 40.9 Å². The molecule has 5 aromatic rings. The molecule has 0 atom stereocenters. The quantitative estimate of drug-likeness (QED) is 0.0989. The molecule has 15 heteroatoms. The Morgan fingerprint density at radius 3 is 1.86 bits per heavy atom. The predicted molar refractivity (Wildman–Crippen MR) is 154 cm³/mol. The van der Waals surface area contributed by atoms with Gasteiger partial charge in [-0.3, -0.25) is 9.11 Å². The van der Waals surface area contributed by atoms with Crippen molar-refractivity contribution in [1.29, 1.82) is 0 Å². The van der Waals surface area contributed by atoms with Crippen LogP contribution in [-0.2, 0) is 20.2 Å². The molecule has 0 aliphatic rings. The molecule has 2 amide bonds. The number of phenols is 2. The molecule has 0 aromatic heterocycles. The topological polar surface area (TPSA) is 215 Å². The number of urea groups is 1. The second-order valence-electron chi connectivity index (χ2n) is 8.95. The molecule has 5 aromatic carbocycles. The molecule has 0 bridgehead atoms. The maximum atomic E-state index is 12.7. The van der Waals surface area contributed by atoms with Crippen LogP contribution < -0.4 is 10.6 Å². The summed E-state index contributed by atoms with van der Waals surface area (Å²) in [6, 6.07) is 19.2. The number of hydrogen-bond donors (Lipinski definition) is 6. The highest BCUT2D eigenvalue weighted by atomic mass is 32.2. The van der Waals surface area contributed by atoms with Crippen molar-refractivity contribution in [1.82, 2.24) is 0 Å². The SMILES string of the molecule is O=C(Nc1ccc2c(O)cc(S(=O)(=O)O)cc2c1)Nc1ccc2c(O)c(N=Nc3ccccc3)c(S(=O)(=O)O)cc2c1. The zero-order valence-electron chi connectivity index (χ0n) is 21.1. The second kappa shape index (κ2) is 10.7. The van der Waals surface area contributed by atoms with Gasteiger partial charge in [0, 0.05) is 28.2 Å². The molecule has 0 aliphatic heterocycles. The van der Waals surface area contributed by atoms with Gasteiger partial charge in [-0.25, -0.2) is 4.79 Å². The van der Waals surface area contributed by atoms with Crippen LogP contribution in [0.15, 0.2) is 105 Å². The Labute approximate surface area is 238 Å². The number of fused-ring (bicyclic) bond motifs is 2. The number of amides is 2. The largest absolute Gasteiger partial charge is 0.507 e. The lowest BCUT2D eigenvalue weighted by atomic mass is 10.1. The Morgan fingerprint density at radius 1 is 0.667 bits per heavy atom. The fourth-order valence-corrected chi connectivity index (χ4v) is 5.36. The van der Waals surface area contributed by atoms with Gasteiger partial charge in [0.05, 0.1) is 10.6 Å². The van der Waals surface area contributed by atoms with Crippen molar-refractivity contribution in [3.63, 3.8) is 0 Å². The number of benzene rings is 5. The van der Waals surface area contributed by atoms with Crippen molar-refractivity contribution in [2.75, 3.05) is 10.6 Å². The molecule has 0 heterocycles. The monoisotopic (exact) mass is 608 g/mol. The zero-order chi connectivity index (χ0) is 30.2. The van der Waals surface area contributed by atoms with E-state index in [0.717, 1.165) is 18.2 Å². The number of carbonyl (C=O) groups is 1. The lowest BCUT2D eigenvalue weighted by molar-refractivity contribution is 0.262. The van der Waals surface area contributed by atoms with E-state index in [1.807, 2.05) is 0 Å². The summed E-state index contributed by atoms with van der Waals surface area (Å²) in [6.45, 7) is 0. The van der Waals surface area contributed by atoms with Gasteiger partial charge in [-0.2, -0.15) is 21.9 Å². The highest BCUT2D eigenvalue weighted by Crippen LogP contribution is 2.42. The maximum Gasteiger partial charge on any atom is 0.323 e. The van der Waals surface area contributed by atoms with Crippen LogP contribution in [0.5, 0.6) is 11.5 Å². The van der Waals surface area contributed by atoms with Gasteiger partial charge >= 0.3 is 6.03 Å². The minimum atomic E-state index is -4.85. The van der Waals surface area contributed by atoms with Gasteiger partial charge < -0.3 is 20.8 Å². The first kappa shape index (κ1) is 28.4.